The van der Waals surface area contributed by atoms with Crippen molar-refractivity contribution in [3.63, 3.8) is 0 Å². The lowest BCUT2D eigenvalue weighted by Crippen LogP contribution is -2.13. The number of hydrogen-bond acceptors (Lipinski definition) is 3. The molecule has 0 heterocycles. The first-order valence-electron chi connectivity index (χ1n) is 3.80. The summed E-state index contributed by atoms with van der Waals surface area (Å²) in [6.45, 7) is 3.59. The van der Waals surface area contributed by atoms with E-state index in [0.29, 0.717) is 6.42 Å². The molecule has 0 aliphatic carbocycles. The van der Waals surface area contributed by atoms with Gasteiger partial charge in [-0.1, -0.05) is 6.92 Å². The Morgan fingerprint density at radius 3 is 2.50 bits per heavy atom. The Morgan fingerprint density at radius 2 is 2.08 bits per heavy atom. The van der Waals surface area contributed by atoms with Crippen LogP contribution in [-0.2, 0) is 14.3 Å². The van der Waals surface area contributed by atoms with Crippen LogP contribution in [0.1, 0.15) is 20.3 Å². The van der Waals surface area contributed by atoms with E-state index in [1.54, 1.807) is 6.92 Å². The van der Waals surface area contributed by atoms with E-state index in [9.17, 15) is 9.59 Å². The summed E-state index contributed by atoms with van der Waals surface area (Å²) in [5.41, 5.74) is 0. The lowest BCUT2D eigenvalue weighted by molar-refractivity contribution is -0.141. The van der Waals surface area contributed by atoms with E-state index >= 15 is 0 Å². The lowest BCUT2D eigenvalue weighted by Gasteiger charge is -2.06. The third kappa shape index (κ3) is 5.13. The number of rotatable bonds is 5. The largest absolute Gasteiger partial charge is 0.465 e. The van der Waals surface area contributed by atoms with Crippen LogP contribution < -0.4 is 0 Å². The number of esters is 1. The number of Topliss-reactive ketones (excluding diaryl/α,β-unsaturated/α-hetero) is 1. The predicted octanol–water partition coefficient (Wildman–Crippen LogP) is 1.38. The Labute approximate surface area is 77.0 Å². The Morgan fingerprint density at radius 1 is 1.50 bits per heavy atom. The number of carbonyl (C=O) groups excluding carboxylic acids is 2. The van der Waals surface area contributed by atoms with E-state index in [1.807, 2.05) is 0 Å². The van der Waals surface area contributed by atoms with Gasteiger partial charge < -0.3 is 4.74 Å². The fraction of sp³-hybridized carbons (Fsp3) is 0.750. The summed E-state index contributed by atoms with van der Waals surface area (Å²) in [7, 11) is 0. The molecule has 0 spiro atoms. The molecule has 0 N–H and O–H groups in total. The maximum Gasteiger partial charge on any atom is 0.320 e. The van der Waals surface area contributed by atoms with Crippen LogP contribution in [0, 0.1) is 5.92 Å². The first-order valence-corrected chi connectivity index (χ1v) is 4.33. The van der Waals surface area contributed by atoms with E-state index < -0.39 is 5.97 Å². The lowest BCUT2D eigenvalue weighted by atomic mass is 10.1. The molecule has 1 unspecified atom stereocenters. The average molecular weight is 193 g/mol. The van der Waals surface area contributed by atoms with Crippen molar-refractivity contribution in [2.45, 2.75) is 20.3 Å². The van der Waals surface area contributed by atoms with Crippen LogP contribution in [0.25, 0.3) is 0 Å². The molecule has 0 aliphatic heterocycles. The van der Waals surface area contributed by atoms with Crippen molar-refractivity contribution in [3.05, 3.63) is 0 Å². The Balaban J connectivity index is 3.43. The molecule has 1 atom stereocenters. The number of ketones is 1. The molecule has 0 aromatic rings. The number of ether oxygens (including phenoxy) is 1. The molecule has 3 nitrogen and oxygen atoms in total. The number of halogens is 1. The maximum atomic E-state index is 10.7. The Kier molecular flexibility index (Phi) is 5.72. The number of carbonyl (C=O) groups is 2. The number of alkyl halides is 1. The fourth-order valence-electron chi connectivity index (χ4n) is 0.591. The predicted molar refractivity (Wildman–Crippen MR) is 46.1 cm³/mol. The highest BCUT2D eigenvalue weighted by Gasteiger charge is 2.08. The standard InChI is InChI=1S/C8H13ClO3/c1-6(7(2)10)3-4-12-8(11)5-9/h6H,3-5H2,1-2H3. The quantitative estimate of drug-likeness (QED) is 0.488. The molecule has 0 rings (SSSR count). The summed E-state index contributed by atoms with van der Waals surface area (Å²) < 4.78 is 4.69. The summed E-state index contributed by atoms with van der Waals surface area (Å²) in [6, 6.07) is 0. The van der Waals surface area contributed by atoms with Gasteiger partial charge in [0, 0.05) is 5.92 Å². The minimum absolute atomic E-state index is 0.0480. The minimum Gasteiger partial charge on any atom is -0.465 e. The second-order valence-corrected chi connectivity index (χ2v) is 2.92. The van der Waals surface area contributed by atoms with Gasteiger partial charge in [0.1, 0.15) is 11.7 Å². The molecule has 0 saturated carbocycles. The molecule has 4 heteroatoms. The highest BCUT2D eigenvalue weighted by Crippen LogP contribution is 2.02. The Bertz CT molecular complexity index is 168. The van der Waals surface area contributed by atoms with Crippen LogP contribution in [0.4, 0.5) is 0 Å². The maximum absolute atomic E-state index is 10.7. The molecule has 0 aromatic heterocycles. The van der Waals surface area contributed by atoms with Crippen molar-refractivity contribution < 1.29 is 14.3 Å². The highest BCUT2D eigenvalue weighted by molar-refractivity contribution is 6.26. The first kappa shape index (κ1) is 11.4. The second-order valence-electron chi connectivity index (χ2n) is 2.65. The first-order chi connectivity index (χ1) is 5.57. The molecule has 70 valence electrons. The van der Waals surface area contributed by atoms with Gasteiger partial charge in [0.2, 0.25) is 0 Å². The summed E-state index contributed by atoms with van der Waals surface area (Å²) >= 11 is 5.19. The molecule has 0 aliphatic rings. The van der Waals surface area contributed by atoms with Crippen LogP contribution in [0.3, 0.4) is 0 Å². The van der Waals surface area contributed by atoms with Crippen molar-refractivity contribution >= 4 is 23.4 Å². The molecule has 0 bridgehead atoms. The average Bonchev–Trinajstić information content (AvgIpc) is 2.03. The van der Waals surface area contributed by atoms with E-state index in [-0.39, 0.29) is 24.2 Å². The topological polar surface area (TPSA) is 43.4 Å². The highest BCUT2D eigenvalue weighted by atomic mass is 35.5. The third-order valence-corrected chi connectivity index (χ3v) is 1.84. The second kappa shape index (κ2) is 6.00. The van der Waals surface area contributed by atoms with E-state index in [0.717, 1.165) is 0 Å². The van der Waals surface area contributed by atoms with Gasteiger partial charge in [-0.05, 0) is 13.3 Å². The summed E-state index contributed by atoms with van der Waals surface area (Å²) in [5.74, 6) is -0.508. The van der Waals surface area contributed by atoms with Gasteiger partial charge in [-0.2, -0.15) is 0 Å². The molecule has 12 heavy (non-hydrogen) atoms. The molecule has 0 saturated heterocycles. The van der Waals surface area contributed by atoms with Crippen LogP contribution in [0.2, 0.25) is 0 Å². The zero-order valence-corrected chi connectivity index (χ0v) is 8.06. The van der Waals surface area contributed by atoms with Crippen molar-refractivity contribution in [2.75, 3.05) is 12.5 Å². The zero-order chi connectivity index (χ0) is 9.56. The van der Waals surface area contributed by atoms with Gasteiger partial charge in [0.15, 0.2) is 0 Å². The van der Waals surface area contributed by atoms with Gasteiger partial charge in [-0.3, -0.25) is 9.59 Å². The molecule has 0 aromatic carbocycles. The van der Waals surface area contributed by atoms with Crippen LogP contribution in [-0.4, -0.2) is 24.2 Å². The monoisotopic (exact) mass is 192 g/mol. The van der Waals surface area contributed by atoms with E-state index in [4.69, 9.17) is 11.6 Å². The van der Waals surface area contributed by atoms with Crippen molar-refractivity contribution in [1.29, 1.82) is 0 Å². The van der Waals surface area contributed by atoms with Gasteiger partial charge in [-0.25, -0.2) is 0 Å². The van der Waals surface area contributed by atoms with E-state index in [1.165, 1.54) is 6.92 Å². The minimum atomic E-state index is -0.438. The van der Waals surface area contributed by atoms with Gasteiger partial charge in [-0.15, -0.1) is 11.6 Å². The Hall–Kier alpha value is -0.570. The fourth-order valence-corrected chi connectivity index (χ4v) is 0.669. The summed E-state index contributed by atoms with van der Waals surface area (Å²) in [4.78, 5) is 21.2. The normalized spacial score (nSPS) is 12.2. The van der Waals surface area contributed by atoms with Gasteiger partial charge in [0.05, 0.1) is 6.61 Å². The molecule has 0 fully saturated rings. The van der Waals surface area contributed by atoms with Crippen molar-refractivity contribution in [3.8, 4) is 0 Å². The smallest absolute Gasteiger partial charge is 0.320 e. The van der Waals surface area contributed by atoms with E-state index in [2.05, 4.69) is 4.74 Å². The summed E-state index contributed by atoms with van der Waals surface area (Å²) in [5, 5.41) is 0. The van der Waals surface area contributed by atoms with Crippen LogP contribution in [0.15, 0.2) is 0 Å². The zero-order valence-electron chi connectivity index (χ0n) is 7.30. The van der Waals surface area contributed by atoms with Crippen LogP contribution in [0.5, 0.6) is 0 Å². The molecule has 0 radical (unpaired) electrons. The van der Waals surface area contributed by atoms with Gasteiger partial charge in [0.25, 0.3) is 0 Å². The van der Waals surface area contributed by atoms with Crippen molar-refractivity contribution in [2.24, 2.45) is 5.92 Å². The number of hydrogen-bond donors (Lipinski definition) is 0. The third-order valence-electron chi connectivity index (χ3n) is 1.62. The van der Waals surface area contributed by atoms with Crippen LogP contribution >= 0.6 is 11.6 Å². The molecular formula is C8H13ClO3. The SMILES string of the molecule is CC(=O)C(C)CCOC(=O)CCl. The molecular weight excluding hydrogens is 180 g/mol. The summed E-state index contributed by atoms with van der Waals surface area (Å²) in [6.07, 6.45) is 0.567. The van der Waals surface area contributed by atoms with Gasteiger partial charge >= 0.3 is 5.97 Å². The van der Waals surface area contributed by atoms with Crippen molar-refractivity contribution in [1.82, 2.24) is 0 Å². The molecule has 0 amide bonds.